The molecule has 0 spiro atoms. The van der Waals surface area contributed by atoms with Gasteiger partial charge in [0.05, 0.1) is 6.54 Å². The molecule has 8 heteroatoms. The normalized spacial score (nSPS) is 21.6. The first-order chi connectivity index (χ1) is 13.1. The number of nitrogens with zero attached hydrogens (tertiary/aromatic N) is 7. The first kappa shape index (κ1) is 18.2. The Labute approximate surface area is 160 Å². The SMILES string of the molecule is Cn1ccc(C(=O)N2CCCC(c3nnc(CN4CCCCC4)n3C)C2)n1. The molecule has 0 N–H and O–H groups in total. The molecule has 2 saturated heterocycles. The topological polar surface area (TPSA) is 72.1 Å². The van der Waals surface area contributed by atoms with Crippen molar-refractivity contribution in [2.45, 2.75) is 44.6 Å². The molecule has 0 bridgehead atoms. The van der Waals surface area contributed by atoms with Crippen LogP contribution in [0.5, 0.6) is 0 Å². The fraction of sp³-hybridized carbons (Fsp3) is 0.684. The maximum absolute atomic E-state index is 12.7. The molecule has 2 fully saturated rings. The smallest absolute Gasteiger partial charge is 0.274 e. The summed E-state index contributed by atoms with van der Waals surface area (Å²) in [6, 6.07) is 1.78. The molecule has 0 aromatic carbocycles. The summed E-state index contributed by atoms with van der Waals surface area (Å²) in [5, 5.41) is 13.2. The Morgan fingerprint density at radius 3 is 2.67 bits per heavy atom. The number of aromatic nitrogens is 5. The van der Waals surface area contributed by atoms with Crippen LogP contribution in [0.25, 0.3) is 0 Å². The Hall–Kier alpha value is -2.22. The summed E-state index contributed by atoms with van der Waals surface area (Å²) < 4.78 is 3.82. The summed E-state index contributed by atoms with van der Waals surface area (Å²) in [4.78, 5) is 17.1. The molecule has 0 saturated carbocycles. The van der Waals surface area contributed by atoms with Gasteiger partial charge >= 0.3 is 0 Å². The molecule has 2 aromatic heterocycles. The first-order valence-electron chi connectivity index (χ1n) is 10.0. The van der Waals surface area contributed by atoms with Gasteiger partial charge in [-0.15, -0.1) is 10.2 Å². The van der Waals surface area contributed by atoms with Crippen molar-refractivity contribution in [3.63, 3.8) is 0 Å². The van der Waals surface area contributed by atoms with E-state index in [1.54, 1.807) is 10.7 Å². The summed E-state index contributed by atoms with van der Waals surface area (Å²) in [5.74, 6) is 2.27. The van der Waals surface area contributed by atoms with Crippen LogP contribution < -0.4 is 0 Å². The van der Waals surface area contributed by atoms with Crippen LogP contribution in [0.3, 0.4) is 0 Å². The molecule has 27 heavy (non-hydrogen) atoms. The van der Waals surface area contributed by atoms with Gasteiger partial charge in [0.1, 0.15) is 17.3 Å². The Balaban J connectivity index is 1.44. The molecule has 1 unspecified atom stereocenters. The predicted molar refractivity (Wildman–Crippen MR) is 101 cm³/mol. The number of rotatable bonds is 4. The lowest BCUT2D eigenvalue weighted by atomic mass is 9.97. The lowest BCUT2D eigenvalue weighted by Gasteiger charge is -2.32. The van der Waals surface area contributed by atoms with Crippen molar-refractivity contribution in [2.75, 3.05) is 26.2 Å². The third-order valence-corrected chi connectivity index (χ3v) is 5.82. The third kappa shape index (κ3) is 3.90. The zero-order valence-electron chi connectivity index (χ0n) is 16.3. The van der Waals surface area contributed by atoms with Gasteiger partial charge in [0.25, 0.3) is 5.91 Å². The Morgan fingerprint density at radius 2 is 1.93 bits per heavy atom. The molecule has 0 aliphatic carbocycles. The number of carbonyl (C=O) groups excluding carboxylic acids is 1. The van der Waals surface area contributed by atoms with E-state index in [1.807, 2.05) is 18.1 Å². The van der Waals surface area contributed by atoms with Gasteiger partial charge in [-0.2, -0.15) is 5.10 Å². The molecule has 0 radical (unpaired) electrons. The second-order valence-corrected chi connectivity index (χ2v) is 7.84. The number of aryl methyl sites for hydroxylation is 1. The van der Waals surface area contributed by atoms with Gasteiger partial charge in [0, 0.05) is 39.3 Å². The van der Waals surface area contributed by atoms with Crippen LogP contribution in [0.15, 0.2) is 12.3 Å². The van der Waals surface area contributed by atoms with Crippen LogP contribution in [0, 0.1) is 0 Å². The molecule has 2 aliphatic rings. The van der Waals surface area contributed by atoms with Crippen molar-refractivity contribution in [3.8, 4) is 0 Å². The maximum atomic E-state index is 12.7. The third-order valence-electron chi connectivity index (χ3n) is 5.82. The van der Waals surface area contributed by atoms with Gasteiger partial charge in [-0.05, 0) is 44.8 Å². The summed E-state index contributed by atoms with van der Waals surface area (Å²) in [5.41, 5.74) is 0.516. The zero-order chi connectivity index (χ0) is 18.8. The largest absolute Gasteiger partial charge is 0.337 e. The Bertz CT molecular complexity index is 790. The van der Waals surface area contributed by atoms with Crippen LogP contribution in [0.2, 0.25) is 0 Å². The molecule has 2 aliphatic heterocycles. The van der Waals surface area contributed by atoms with Crippen LogP contribution in [-0.4, -0.2) is 66.4 Å². The summed E-state index contributed by atoms with van der Waals surface area (Å²) in [6.45, 7) is 4.64. The molecule has 1 atom stereocenters. The molecule has 2 aromatic rings. The standard InChI is InChI=1S/C19H29N7O/c1-23-12-8-16(22-23)19(27)26-11-6-7-15(13-26)18-21-20-17(24(18)2)14-25-9-4-3-5-10-25/h8,12,15H,3-7,9-11,13-14H2,1-2H3. The average Bonchev–Trinajstić information content (AvgIpc) is 3.28. The van der Waals surface area contributed by atoms with E-state index in [4.69, 9.17) is 0 Å². The van der Waals surface area contributed by atoms with Crippen molar-refractivity contribution in [1.29, 1.82) is 0 Å². The highest BCUT2D eigenvalue weighted by molar-refractivity contribution is 5.92. The van der Waals surface area contributed by atoms with Crippen molar-refractivity contribution < 1.29 is 4.79 Å². The van der Waals surface area contributed by atoms with E-state index in [0.29, 0.717) is 12.2 Å². The molecule has 1 amide bonds. The van der Waals surface area contributed by atoms with Gasteiger partial charge in [-0.25, -0.2) is 0 Å². The second-order valence-electron chi connectivity index (χ2n) is 7.84. The number of likely N-dealkylation sites (tertiary alicyclic amines) is 2. The van der Waals surface area contributed by atoms with E-state index in [9.17, 15) is 4.79 Å². The highest BCUT2D eigenvalue weighted by Gasteiger charge is 2.30. The van der Waals surface area contributed by atoms with Gasteiger partial charge in [0.15, 0.2) is 0 Å². The van der Waals surface area contributed by atoms with Crippen LogP contribution in [0.1, 0.15) is 60.2 Å². The minimum atomic E-state index is 0.0102. The lowest BCUT2D eigenvalue weighted by molar-refractivity contribution is 0.0696. The average molecular weight is 371 g/mol. The van der Waals surface area contributed by atoms with E-state index in [-0.39, 0.29) is 11.8 Å². The minimum absolute atomic E-state index is 0.0102. The van der Waals surface area contributed by atoms with E-state index < -0.39 is 0 Å². The van der Waals surface area contributed by atoms with Crippen LogP contribution in [0.4, 0.5) is 0 Å². The van der Waals surface area contributed by atoms with E-state index >= 15 is 0 Å². The molecule has 8 nitrogen and oxygen atoms in total. The van der Waals surface area contributed by atoms with E-state index in [0.717, 1.165) is 50.7 Å². The quantitative estimate of drug-likeness (QED) is 0.815. The highest BCUT2D eigenvalue weighted by Crippen LogP contribution is 2.27. The van der Waals surface area contributed by atoms with Gasteiger partial charge < -0.3 is 9.47 Å². The van der Waals surface area contributed by atoms with Gasteiger partial charge in [-0.3, -0.25) is 14.4 Å². The fourth-order valence-corrected chi connectivity index (χ4v) is 4.25. The predicted octanol–water partition coefficient (Wildman–Crippen LogP) is 1.55. The van der Waals surface area contributed by atoms with Crippen molar-refractivity contribution in [2.24, 2.45) is 14.1 Å². The summed E-state index contributed by atoms with van der Waals surface area (Å²) in [6.07, 6.45) is 7.72. The van der Waals surface area contributed by atoms with Crippen LogP contribution >= 0.6 is 0 Å². The summed E-state index contributed by atoms with van der Waals surface area (Å²) in [7, 11) is 3.90. The maximum Gasteiger partial charge on any atom is 0.274 e. The van der Waals surface area contributed by atoms with Crippen molar-refractivity contribution in [3.05, 3.63) is 29.6 Å². The molecular formula is C19H29N7O. The number of piperidine rings is 2. The molecular weight excluding hydrogens is 342 g/mol. The van der Waals surface area contributed by atoms with E-state index in [2.05, 4.69) is 31.8 Å². The monoisotopic (exact) mass is 371 g/mol. The second kappa shape index (κ2) is 7.80. The lowest BCUT2D eigenvalue weighted by Crippen LogP contribution is -2.40. The van der Waals surface area contributed by atoms with Crippen molar-refractivity contribution in [1.82, 2.24) is 34.3 Å². The number of hydrogen-bond acceptors (Lipinski definition) is 5. The Morgan fingerprint density at radius 1 is 1.11 bits per heavy atom. The minimum Gasteiger partial charge on any atom is -0.337 e. The molecule has 146 valence electrons. The summed E-state index contributed by atoms with van der Waals surface area (Å²) >= 11 is 0. The van der Waals surface area contributed by atoms with Crippen LogP contribution in [-0.2, 0) is 20.6 Å². The molecule has 4 rings (SSSR count). The van der Waals surface area contributed by atoms with Gasteiger partial charge in [-0.1, -0.05) is 6.42 Å². The van der Waals surface area contributed by atoms with Crippen molar-refractivity contribution >= 4 is 5.91 Å². The van der Waals surface area contributed by atoms with Gasteiger partial charge in [0.2, 0.25) is 0 Å². The highest BCUT2D eigenvalue weighted by atomic mass is 16.2. The number of hydrogen-bond donors (Lipinski definition) is 0. The number of carbonyl (C=O) groups is 1. The van der Waals surface area contributed by atoms with E-state index in [1.165, 1.54) is 19.3 Å². The Kier molecular flexibility index (Phi) is 5.24. The fourth-order valence-electron chi connectivity index (χ4n) is 4.25. The molecule has 4 heterocycles. The number of amides is 1. The first-order valence-corrected chi connectivity index (χ1v) is 10.0. The zero-order valence-corrected chi connectivity index (χ0v) is 16.3.